The number of carbonyl (C=O) groups excluding carboxylic acids is 1. The molecule has 0 aliphatic heterocycles. The Morgan fingerprint density at radius 1 is 1.41 bits per heavy atom. The van der Waals surface area contributed by atoms with E-state index in [0.29, 0.717) is 6.61 Å². The molecule has 0 radical (unpaired) electrons. The summed E-state index contributed by atoms with van der Waals surface area (Å²) in [4.78, 5) is 10.6. The van der Waals surface area contributed by atoms with Gasteiger partial charge in [-0.25, -0.2) is 4.79 Å². The highest BCUT2D eigenvalue weighted by atomic mass is 79.9. The van der Waals surface area contributed by atoms with Gasteiger partial charge in [-0.05, 0) is 5.56 Å². The number of methoxy groups -OCH3 is 1. The Morgan fingerprint density at radius 2 is 2.06 bits per heavy atom. The van der Waals surface area contributed by atoms with Crippen molar-refractivity contribution < 1.29 is 19.4 Å². The third-order valence-corrected chi connectivity index (χ3v) is 2.94. The second kappa shape index (κ2) is 7.42. The Balaban J connectivity index is 2.29. The maximum Gasteiger partial charge on any atom is 0.335 e. The van der Waals surface area contributed by atoms with Crippen LogP contribution in [-0.4, -0.2) is 35.7 Å². The van der Waals surface area contributed by atoms with Crippen molar-refractivity contribution in [2.45, 2.75) is 17.5 Å². The van der Waals surface area contributed by atoms with E-state index in [2.05, 4.69) is 20.7 Å². The van der Waals surface area contributed by atoms with Crippen molar-refractivity contribution in [3.05, 3.63) is 35.9 Å². The lowest BCUT2D eigenvalue weighted by Gasteiger charge is -2.15. The number of benzene rings is 1. The summed E-state index contributed by atoms with van der Waals surface area (Å²) in [6.45, 7) is 0.669. The molecule has 0 heterocycles. The van der Waals surface area contributed by atoms with Crippen LogP contribution in [0.3, 0.4) is 0 Å². The highest BCUT2D eigenvalue weighted by Gasteiger charge is 2.24. The predicted octanol–water partition coefficient (Wildman–Crippen LogP) is 1.50. The van der Waals surface area contributed by atoms with Crippen LogP contribution in [0.2, 0.25) is 0 Å². The van der Waals surface area contributed by atoms with Crippen LogP contribution in [0.1, 0.15) is 5.56 Å². The summed E-state index contributed by atoms with van der Waals surface area (Å²) in [5, 5.41) is 9.48. The van der Waals surface area contributed by atoms with Gasteiger partial charge in [-0.2, -0.15) is 0 Å². The van der Waals surface area contributed by atoms with Gasteiger partial charge in [0.1, 0.15) is 0 Å². The number of hydrogen-bond donors (Lipinski definition) is 1. The molecule has 0 amide bonds. The van der Waals surface area contributed by atoms with E-state index in [1.165, 1.54) is 7.11 Å². The average molecular weight is 303 g/mol. The van der Waals surface area contributed by atoms with Gasteiger partial charge in [-0.1, -0.05) is 46.3 Å². The summed E-state index contributed by atoms with van der Waals surface area (Å²) in [7, 11) is 1.23. The van der Waals surface area contributed by atoms with E-state index in [0.717, 1.165) is 5.56 Å². The van der Waals surface area contributed by atoms with Crippen molar-refractivity contribution in [3.8, 4) is 0 Å². The van der Waals surface area contributed by atoms with E-state index in [9.17, 15) is 9.90 Å². The maximum absolute atomic E-state index is 11.0. The number of ether oxygens (including phenoxy) is 2. The zero-order valence-electron chi connectivity index (χ0n) is 9.51. The molecular weight excluding hydrogens is 288 g/mol. The molecule has 0 unspecified atom stereocenters. The molecule has 4 nitrogen and oxygen atoms in total. The maximum atomic E-state index is 11.0. The largest absolute Gasteiger partial charge is 0.467 e. The van der Waals surface area contributed by atoms with Gasteiger partial charge in [-0.15, -0.1) is 0 Å². The molecule has 5 heteroatoms. The van der Waals surface area contributed by atoms with Crippen LogP contribution in [-0.2, 0) is 20.9 Å². The van der Waals surface area contributed by atoms with Gasteiger partial charge in [0.25, 0.3) is 0 Å². The molecule has 0 fully saturated rings. The number of hydrogen-bond acceptors (Lipinski definition) is 4. The van der Waals surface area contributed by atoms with Gasteiger partial charge in [0.05, 0.1) is 25.2 Å². The highest BCUT2D eigenvalue weighted by Crippen LogP contribution is 2.09. The van der Waals surface area contributed by atoms with Gasteiger partial charge in [0.2, 0.25) is 0 Å². The standard InChI is InChI=1S/C12H15BrO4/c1-16-12(15)11(14)10(13)8-17-7-9-5-3-2-4-6-9/h2-6,10-11,14H,7-8H2,1H3/t10-,11+/m0/s1. The minimum atomic E-state index is -1.21. The predicted molar refractivity (Wildman–Crippen MR) is 66.8 cm³/mol. The third kappa shape index (κ3) is 4.85. The van der Waals surface area contributed by atoms with Gasteiger partial charge >= 0.3 is 5.97 Å². The lowest BCUT2D eigenvalue weighted by molar-refractivity contribution is -0.150. The molecule has 17 heavy (non-hydrogen) atoms. The second-order valence-corrected chi connectivity index (χ2v) is 4.66. The average Bonchev–Trinajstić information content (AvgIpc) is 2.38. The number of carbonyl (C=O) groups is 1. The molecule has 0 bridgehead atoms. The molecule has 1 N–H and O–H groups in total. The van der Waals surface area contributed by atoms with Crippen molar-refractivity contribution >= 4 is 21.9 Å². The summed E-state index contributed by atoms with van der Waals surface area (Å²) in [5.41, 5.74) is 1.04. The first-order valence-corrected chi connectivity index (χ1v) is 6.08. The van der Waals surface area contributed by atoms with E-state index in [1.807, 2.05) is 30.3 Å². The molecule has 0 spiro atoms. The molecule has 0 aliphatic carbocycles. The number of halogens is 1. The van der Waals surface area contributed by atoms with Gasteiger partial charge in [0, 0.05) is 0 Å². The number of esters is 1. The first-order chi connectivity index (χ1) is 8.15. The fourth-order valence-electron chi connectivity index (χ4n) is 1.22. The quantitative estimate of drug-likeness (QED) is 0.639. The minimum absolute atomic E-state index is 0.227. The molecule has 1 rings (SSSR count). The molecular formula is C12H15BrO4. The van der Waals surface area contributed by atoms with E-state index >= 15 is 0 Å². The van der Waals surface area contributed by atoms with Crippen LogP contribution >= 0.6 is 15.9 Å². The third-order valence-electron chi connectivity index (χ3n) is 2.17. The summed E-state index contributed by atoms with van der Waals surface area (Å²) >= 11 is 3.18. The second-order valence-electron chi connectivity index (χ2n) is 3.48. The van der Waals surface area contributed by atoms with E-state index in [4.69, 9.17) is 4.74 Å². The Bertz CT molecular complexity index is 342. The van der Waals surface area contributed by atoms with Crippen molar-refractivity contribution in [1.82, 2.24) is 0 Å². The van der Waals surface area contributed by atoms with E-state index < -0.39 is 16.9 Å². The Labute approximate surface area is 109 Å². The molecule has 1 aromatic rings. The number of rotatable bonds is 6. The summed E-state index contributed by atoms with van der Waals surface area (Å²) in [6.07, 6.45) is -1.21. The zero-order chi connectivity index (χ0) is 12.7. The van der Waals surface area contributed by atoms with Gasteiger partial charge < -0.3 is 14.6 Å². The monoisotopic (exact) mass is 302 g/mol. The Morgan fingerprint density at radius 3 is 2.65 bits per heavy atom. The van der Waals surface area contributed by atoms with Gasteiger partial charge in [-0.3, -0.25) is 0 Å². The lowest BCUT2D eigenvalue weighted by atomic mass is 10.2. The molecule has 0 aromatic heterocycles. The number of aliphatic hydroxyl groups excluding tert-OH is 1. The molecule has 2 atom stereocenters. The first kappa shape index (κ1) is 14.2. The molecule has 1 aromatic carbocycles. The van der Waals surface area contributed by atoms with Crippen LogP contribution in [0.5, 0.6) is 0 Å². The van der Waals surface area contributed by atoms with Crippen molar-refractivity contribution in [3.63, 3.8) is 0 Å². The zero-order valence-corrected chi connectivity index (χ0v) is 11.1. The summed E-state index contributed by atoms with van der Waals surface area (Å²) in [5.74, 6) is -0.671. The Hall–Kier alpha value is -0.910. The molecule has 0 saturated carbocycles. The number of alkyl halides is 1. The molecule has 0 saturated heterocycles. The summed E-state index contributed by atoms with van der Waals surface area (Å²) in [6, 6.07) is 9.67. The SMILES string of the molecule is COC(=O)[C@H](O)[C@@H](Br)COCc1ccccc1. The van der Waals surface area contributed by atoms with E-state index in [-0.39, 0.29) is 6.61 Å². The fraction of sp³-hybridized carbons (Fsp3) is 0.417. The van der Waals surface area contributed by atoms with Crippen molar-refractivity contribution in [2.75, 3.05) is 13.7 Å². The van der Waals surface area contributed by atoms with Crippen LogP contribution in [0, 0.1) is 0 Å². The van der Waals surface area contributed by atoms with Crippen molar-refractivity contribution in [1.29, 1.82) is 0 Å². The normalized spacial score (nSPS) is 14.1. The molecule has 94 valence electrons. The summed E-state index contributed by atoms with van der Waals surface area (Å²) < 4.78 is 9.81. The van der Waals surface area contributed by atoms with Crippen LogP contribution in [0.25, 0.3) is 0 Å². The number of aliphatic hydroxyl groups is 1. The highest BCUT2D eigenvalue weighted by molar-refractivity contribution is 9.09. The first-order valence-electron chi connectivity index (χ1n) is 5.16. The fourth-order valence-corrected chi connectivity index (χ4v) is 1.63. The van der Waals surface area contributed by atoms with E-state index in [1.54, 1.807) is 0 Å². The van der Waals surface area contributed by atoms with Crippen molar-refractivity contribution in [2.24, 2.45) is 0 Å². The van der Waals surface area contributed by atoms with Crippen LogP contribution < -0.4 is 0 Å². The molecule has 0 aliphatic rings. The van der Waals surface area contributed by atoms with Crippen LogP contribution in [0.15, 0.2) is 30.3 Å². The van der Waals surface area contributed by atoms with Crippen LogP contribution in [0.4, 0.5) is 0 Å². The van der Waals surface area contributed by atoms with Gasteiger partial charge in [0.15, 0.2) is 6.10 Å². The minimum Gasteiger partial charge on any atom is -0.467 e. The topological polar surface area (TPSA) is 55.8 Å². The lowest BCUT2D eigenvalue weighted by Crippen LogP contribution is -2.33. The Kier molecular flexibility index (Phi) is 6.18. The smallest absolute Gasteiger partial charge is 0.335 e.